The van der Waals surface area contributed by atoms with Gasteiger partial charge < -0.3 is 13.9 Å². The molecule has 1 saturated carbocycles. The molecular formula is C21H14F2N2O5S. The minimum absolute atomic E-state index is 0.00709. The number of hydrogen-bond donors (Lipinski definition) is 0. The Morgan fingerprint density at radius 3 is 2.58 bits per heavy atom. The average Bonchev–Trinajstić information content (AvgIpc) is 3.49. The van der Waals surface area contributed by atoms with Crippen molar-refractivity contribution in [1.29, 1.82) is 5.26 Å². The first-order valence-corrected chi connectivity index (χ1v) is 10.7. The summed E-state index contributed by atoms with van der Waals surface area (Å²) in [4.78, 5) is 17.8. The van der Waals surface area contributed by atoms with Crippen LogP contribution in [0, 0.1) is 11.3 Å². The Bertz CT molecular complexity index is 1370. The van der Waals surface area contributed by atoms with E-state index in [4.69, 9.17) is 4.42 Å². The third kappa shape index (κ3) is 3.08. The van der Waals surface area contributed by atoms with E-state index in [9.17, 15) is 23.0 Å². The first-order valence-electron chi connectivity index (χ1n) is 9.43. The van der Waals surface area contributed by atoms with Crippen LogP contribution in [0.1, 0.15) is 25.3 Å². The molecule has 3 heterocycles. The lowest BCUT2D eigenvalue weighted by molar-refractivity contribution is -0.286. The molecule has 3 aromatic rings. The number of hydrogen-bond acceptors (Lipinski definition) is 7. The van der Waals surface area contributed by atoms with Gasteiger partial charge in [-0.1, -0.05) is 6.92 Å². The van der Waals surface area contributed by atoms with Crippen molar-refractivity contribution in [2.75, 3.05) is 5.75 Å². The molecule has 0 radical (unpaired) electrons. The lowest BCUT2D eigenvalue weighted by Crippen LogP contribution is -2.25. The van der Waals surface area contributed by atoms with Crippen LogP contribution >= 0.6 is 0 Å². The van der Waals surface area contributed by atoms with Crippen molar-refractivity contribution in [1.82, 2.24) is 4.98 Å². The molecule has 31 heavy (non-hydrogen) atoms. The van der Waals surface area contributed by atoms with Gasteiger partial charge in [-0.15, -0.1) is 8.78 Å². The summed E-state index contributed by atoms with van der Waals surface area (Å²) in [5.41, 5.74) is -0.287. The van der Waals surface area contributed by atoms with Crippen LogP contribution < -0.4 is 14.9 Å². The Morgan fingerprint density at radius 1 is 1.23 bits per heavy atom. The minimum Gasteiger partial charge on any atom is -0.463 e. The number of nitriles is 1. The summed E-state index contributed by atoms with van der Waals surface area (Å²) < 4.78 is 53.8. The zero-order valence-corrected chi connectivity index (χ0v) is 16.9. The fraction of sp³-hybridized carbons (Fsp3) is 0.286. The first-order chi connectivity index (χ1) is 14.8. The number of fused-ring (bicyclic) bond motifs is 2. The second-order valence-corrected chi connectivity index (χ2v) is 9.05. The highest BCUT2D eigenvalue weighted by Gasteiger charge is 2.46. The Kier molecular flexibility index (Phi) is 4.17. The molecule has 0 spiro atoms. The summed E-state index contributed by atoms with van der Waals surface area (Å²) in [6.45, 7) is 1.73. The van der Waals surface area contributed by atoms with E-state index in [2.05, 4.69) is 20.5 Å². The van der Waals surface area contributed by atoms with Gasteiger partial charge in [-0.25, -0.2) is 0 Å². The van der Waals surface area contributed by atoms with E-state index in [0.29, 0.717) is 23.3 Å². The highest BCUT2D eigenvalue weighted by Crippen LogP contribution is 2.48. The molecule has 1 unspecified atom stereocenters. The van der Waals surface area contributed by atoms with Crippen LogP contribution in [0.5, 0.6) is 11.5 Å². The summed E-state index contributed by atoms with van der Waals surface area (Å²) in [6, 6.07) is 6.21. The lowest BCUT2D eigenvalue weighted by Gasteiger charge is -2.12. The van der Waals surface area contributed by atoms with Crippen LogP contribution in [-0.4, -0.2) is 21.2 Å². The summed E-state index contributed by atoms with van der Waals surface area (Å²) in [5.74, 6) is -0.244. The Balaban J connectivity index is 1.68. The maximum atomic E-state index is 13.4. The number of pyridine rings is 1. The molecule has 1 aromatic carbocycles. The maximum Gasteiger partial charge on any atom is 0.586 e. The summed E-state index contributed by atoms with van der Waals surface area (Å²) in [5, 5.41) is 9.46. The molecule has 2 aliphatic rings. The molecule has 158 valence electrons. The average molecular weight is 444 g/mol. The van der Waals surface area contributed by atoms with Crippen molar-refractivity contribution >= 4 is 21.8 Å². The molecule has 0 saturated heterocycles. The van der Waals surface area contributed by atoms with Crippen LogP contribution in [0.25, 0.3) is 22.2 Å². The Labute approximate surface area is 176 Å². The van der Waals surface area contributed by atoms with Crippen molar-refractivity contribution in [2.24, 2.45) is 0 Å². The van der Waals surface area contributed by atoms with Crippen LogP contribution in [0.15, 0.2) is 44.8 Å². The van der Waals surface area contributed by atoms with Crippen LogP contribution in [0.4, 0.5) is 8.78 Å². The molecule has 1 aliphatic carbocycles. The fourth-order valence-corrected chi connectivity index (χ4v) is 4.51. The summed E-state index contributed by atoms with van der Waals surface area (Å²) in [6.07, 6.45) is 0.220. The molecule has 2 aromatic heterocycles. The number of halogens is 2. The molecule has 1 atom stereocenters. The van der Waals surface area contributed by atoms with E-state index in [1.54, 1.807) is 13.0 Å². The number of ether oxygens (including phenoxy) is 2. The van der Waals surface area contributed by atoms with Gasteiger partial charge in [0.15, 0.2) is 11.5 Å². The predicted octanol–water partition coefficient (Wildman–Crippen LogP) is 3.86. The number of alkyl halides is 2. The molecule has 0 N–H and O–H groups in total. The zero-order chi connectivity index (χ0) is 22.0. The molecule has 5 rings (SSSR count). The largest absolute Gasteiger partial charge is 0.586 e. The van der Waals surface area contributed by atoms with E-state index < -0.39 is 27.9 Å². The maximum absolute atomic E-state index is 13.4. The predicted molar refractivity (Wildman–Crippen MR) is 105 cm³/mol. The Hall–Kier alpha value is -3.32. The number of rotatable bonds is 4. The highest BCUT2D eigenvalue weighted by molar-refractivity contribution is 7.85. The van der Waals surface area contributed by atoms with Gasteiger partial charge in [0.2, 0.25) is 5.43 Å². The molecule has 0 amide bonds. The second kappa shape index (κ2) is 6.59. The zero-order valence-electron chi connectivity index (χ0n) is 16.1. The topological polar surface area (TPSA) is 102 Å². The van der Waals surface area contributed by atoms with E-state index >= 15 is 0 Å². The number of nitrogens with zero attached hydrogens (tertiary/aromatic N) is 2. The van der Waals surface area contributed by atoms with Crippen molar-refractivity contribution in [3.63, 3.8) is 0 Å². The van der Waals surface area contributed by atoms with Gasteiger partial charge >= 0.3 is 6.29 Å². The minimum atomic E-state index is -3.83. The van der Waals surface area contributed by atoms with Crippen molar-refractivity contribution < 1.29 is 26.9 Å². The molecule has 1 aliphatic heterocycles. The van der Waals surface area contributed by atoms with Gasteiger partial charge in [0.25, 0.3) is 0 Å². The van der Waals surface area contributed by atoms with Crippen molar-refractivity contribution in [3.8, 4) is 28.8 Å². The van der Waals surface area contributed by atoms with Crippen LogP contribution in [0.3, 0.4) is 0 Å². The molecular weight excluding hydrogens is 430 g/mol. The second-order valence-electron chi connectivity index (χ2n) is 7.34. The van der Waals surface area contributed by atoms with E-state index in [0.717, 1.165) is 18.4 Å². The normalized spacial score (nSPS) is 18.5. The fourth-order valence-electron chi connectivity index (χ4n) is 3.56. The molecule has 10 heteroatoms. The SMILES string of the molecule is CCS(=O)c1cc(C2(C#N)CC2)cnc1-c1coc2cc3c(cc2c1=O)OC(F)(F)O3. The van der Waals surface area contributed by atoms with Gasteiger partial charge in [-0.2, -0.15) is 5.26 Å². The number of aromatic nitrogens is 1. The van der Waals surface area contributed by atoms with E-state index in [1.807, 2.05) is 0 Å². The summed E-state index contributed by atoms with van der Waals surface area (Å²) >= 11 is 0. The van der Waals surface area contributed by atoms with Crippen LogP contribution in [0.2, 0.25) is 0 Å². The Morgan fingerprint density at radius 2 is 1.94 bits per heavy atom. The monoisotopic (exact) mass is 444 g/mol. The van der Waals surface area contributed by atoms with E-state index in [1.165, 1.54) is 6.20 Å². The van der Waals surface area contributed by atoms with Crippen LogP contribution in [-0.2, 0) is 16.2 Å². The molecule has 0 bridgehead atoms. The highest BCUT2D eigenvalue weighted by atomic mass is 32.2. The van der Waals surface area contributed by atoms with E-state index in [-0.39, 0.29) is 39.5 Å². The van der Waals surface area contributed by atoms with Crippen molar-refractivity contribution in [3.05, 3.63) is 46.4 Å². The van der Waals surface area contributed by atoms with Gasteiger partial charge in [0, 0.05) is 18.0 Å². The lowest BCUT2D eigenvalue weighted by atomic mass is 9.99. The van der Waals surface area contributed by atoms with Gasteiger partial charge in [-0.05, 0) is 30.5 Å². The van der Waals surface area contributed by atoms with Gasteiger partial charge in [0.05, 0.1) is 43.8 Å². The molecule has 1 fully saturated rings. The summed E-state index contributed by atoms with van der Waals surface area (Å²) in [7, 11) is -1.47. The van der Waals surface area contributed by atoms with Crippen molar-refractivity contribution in [2.45, 2.75) is 36.4 Å². The van der Waals surface area contributed by atoms with Gasteiger partial charge in [0.1, 0.15) is 11.8 Å². The number of benzene rings is 1. The quantitative estimate of drug-likeness (QED) is 0.602. The smallest absolute Gasteiger partial charge is 0.463 e. The third-order valence-corrected chi connectivity index (χ3v) is 6.75. The molecule has 7 nitrogen and oxygen atoms in total. The third-order valence-electron chi connectivity index (χ3n) is 5.43. The standard InChI is InChI=1S/C21H14F2N2O5S/c1-2-31(27)17-5-11(20(10-24)3-4-20)8-25-18(17)13-9-28-14-7-16-15(6-12(14)19(13)26)29-21(22,23)30-16/h5-9H,2-4H2,1H3. The van der Waals surface area contributed by atoms with Gasteiger partial charge in [-0.3, -0.25) is 14.0 Å². The first kappa shape index (κ1) is 19.6.